The second-order valence-corrected chi connectivity index (χ2v) is 7.22. The Morgan fingerprint density at radius 1 is 1.38 bits per heavy atom. The quantitative estimate of drug-likeness (QED) is 0.789. The van der Waals surface area contributed by atoms with Crippen molar-refractivity contribution in [2.45, 2.75) is 20.0 Å². The average molecular weight is 372 g/mol. The van der Waals surface area contributed by atoms with Crippen molar-refractivity contribution in [1.29, 1.82) is 0 Å². The monoisotopic (exact) mass is 372 g/mol. The number of ether oxygens (including phenoxy) is 1. The highest BCUT2D eigenvalue weighted by molar-refractivity contribution is 7.09. The lowest BCUT2D eigenvalue weighted by Gasteiger charge is -2.12. The fraction of sp³-hybridized carbons (Fsp3) is 0.316. The van der Waals surface area contributed by atoms with Gasteiger partial charge in [-0.25, -0.2) is 4.98 Å². The van der Waals surface area contributed by atoms with Crippen LogP contribution < -0.4 is 4.74 Å². The number of rotatable bonds is 6. The fourth-order valence-corrected chi connectivity index (χ4v) is 3.34. The summed E-state index contributed by atoms with van der Waals surface area (Å²) >= 11 is 1.59. The van der Waals surface area contributed by atoms with E-state index < -0.39 is 11.9 Å². The SMILES string of the molecule is Cc1nc(COc2ccc(/C=C/C(=O)N3CCC(C(=O)O)C3)cc2)cs1. The number of carboxylic acid groups (broad SMARTS) is 1. The number of aliphatic carboxylic acids is 1. The Balaban J connectivity index is 1.51. The smallest absolute Gasteiger partial charge is 0.308 e. The van der Waals surface area contributed by atoms with Crippen LogP contribution in [-0.2, 0) is 16.2 Å². The van der Waals surface area contributed by atoms with E-state index in [9.17, 15) is 9.59 Å². The zero-order chi connectivity index (χ0) is 18.5. The highest BCUT2D eigenvalue weighted by atomic mass is 32.1. The van der Waals surface area contributed by atoms with Gasteiger partial charge < -0.3 is 14.7 Å². The van der Waals surface area contributed by atoms with Crippen molar-refractivity contribution in [3.8, 4) is 5.75 Å². The fourth-order valence-electron chi connectivity index (χ4n) is 2.74. The Kier molecular flexibility index (Phi) is 5.68. The lowest BCUT2D eigenvalue weighted by molar-refractivity contribution is -0.141. The predicted octanol–water partition coefficient (Wildman–Crippen LogP) is 2.98. The van der Waals surface area contributed by atoms with Crippen LogP contribution in [0, 0.1) is 12.8 Å². The van der Waals surface area contributed by atoms with Crippen LogP contribution in [0.25, 0.3) is 6.08 Å². The first-order valence-electron chi connectivity index (χ1n) is 8.35. The van der Waals surface area contributed by atoms with E-state index in [0.717, 1.165) is 22.0 Å². The lowest BCUT2D eigenvalue weighted by Crippen LogP contribution is -2.28. The first-order chi connectivity index (χ1) is 12.5. The predicted molar refractivity (Wildman–Crippen MR) is 99.0 cm³/mol. The number of likely N-dealkylation sites (tertiary alicyclic amines) is 1. The van der Waals surface area contributed by atoms with Gasteiger partial charge in [-0.3, -0.25) is 9.59 Å². The van der Waals surface area contributed by atoms with Crippen LogP contribution >= 0.6 is 11.3 Å². The maximum absolute atomic E-state index is 12.1. The molecule has 1 aliphatic rings. The summed E-state index contributed by atoms with van der Waals surface area (Å²) in [6.45, 7) is 3.16. The van der Waals surface area contributed by atoms with Crippen LogP contribution in [0.2, 0.25) is 0 Å². The Hall–Kier alpha value is -2.67. The number of carbonyl (C=O) groups is 2. The summed E-state index contributed by atoms with van der Waals surface area (Å²) in [6, 6.07) is 7.43. The number of amides is 1. The number of hydrogen-bond acceptors (Lipinski definition) is 5. The Morgan fingerprint density at radius 3 is 2.77 bits per heavy atom. The molecule has 1 amide bonds. The molecule has 6 nitrogen and oxygen atoms in total. The van der Waals surface area contributed by atoms with Crippen molar-refractivity contribution in [2.75, 3.05) is 13.1 Å². The minimum Gasteiger partial charge on any atom is -0.487 e. The standard InChI is InChI=1S/C19H20N2O4S/c1-13-20-16(12-26-13)11-25-17-5-2-14(3-6-17)4-7-18(22)21-9-8-15(10-21)19(23)24/h2-7,12,15H,8-11H2,1H3,(H,23,24)/b7-4+. The molecule has 1 aliphatic heterocycles. The van der Waals surface area contributed by atoms with E-state index in [1.807, 2.05) is 36.6 Å². The van der Waals surface area contributed by atoms with Gasteiger partial charge in [-0.05, 0) is 37.1 Å². The number of benzene rings is 1. The van der Waals surface area contributed by atoms with Gasteiger partial charge in [0.25, 0.3) is 0 Å². The van der Waals surface area contributed by atoms with Crippen molar-refractivity contribution in [3.05, 3.63) is 52.0 Å². The zero-order valence-electron chi connectivity index (χ0n) is 14.4. The molecule has 0 bridgehead atoms. The molecule has 1 aromatic heterocycles. The first kappa shape index (κ1) is 18.1. The summed E-state index contributed by atoms with van der Waals surface area (Å²) in [7, 11) is 0. The molecule has 0 spiro atoms. The van der Waals surface area contributed by atoms with Gasteiger partial charge in [-0.15, -0.1) is 11.3 Å². The van der Waals surface area contributed by atoms with Crippen molar-refractivity contribution in [3.63, 3.8) is 0 Å². The molecule has 1 atom stereocenters. The summed E-state index contributed by atoms with van der Waals surface area (Å²) in [5.74, 6) is -0.714. The summed E-state index contributed by atoms with van der Waals surface area (Å²) in [5.41, 5.74) is 1.79. The van der Waals surface area contributed by atoms with Crippen LogP contribution in [0.15, 0.2) is 35.7 Å². The molecule has 7 heteroatoms. The van der Waals surface area contributed by atoms with Gasteiger partial charge in [-0.2, -0.15) is 0 Å². The summed E-state index contributed by atoms with van der Waals surface area (Å²) < 4.78 is 5.69. The van der Waals surface area contributed by atoms with E-state index in [-0.39, 0.29) is 12.5 Å². The highest BCUT2D eigenvalue weighted by Crippen LogP contribution is 2.18. The molecule has 0 aliphatic carbocycles. The van der Waals surface area contributed by atoms with Crippen LogP contribution in [0.4, 0.5) is 0 Å². The Morgan fingerprint density at radius 2 is 2.15 bits per heavy atom. The lowest BCUT2D eigenvalue weighted by atomic mass is 10.1. The van der Waals surface area contributed by atoms with Gasteiger partial charge in [0.05, 0.1) is 16.6 Å². The first-order valence-corrected chi connectivity index (χ1v) is 9.23. The molecule has 0 saturated carbocycles. The van der Waals surface area contributed by atoms with Gasteiger partial charge in [0, 0.05) is 24.5 Å². The molecule has 1 N–H and O–H groups in total. The molecule has 0 radical (unpaired) electrons. The van der Waals surface area contributed by atoms with Gasteiger partial charge >= 0.3 is 5.97 Å². The molecule has 1 saturated heterocycles. The molecular weight excluding hydrogens is 352 g/mol. The van der Waals surface area contributed by atoms with E-state index >= 15 is 0 Å². The number of thiazole rings is 1. The number of aromatic nitrogens is 1. The maximum Gasteiger partial charge on any atom is 0.308 e. The highest BCUT2D eigenvalue weighted by Gasteiger charge is 2.29. The average Bonchev–Trinajstić information content (AvgIpc) is 3.28. The van der Waals surface area contributed by atoms with Crippen molar-refractivity contribution in [2.24, 2.45) is 5.92 Å². The molecule has 1 unspecified atom stereocenters. The van der Waals surface area contributed by atoms with E-state index in [1.165, 1.54) is 6.08 Å². The molecule has 2 heterocycles. The van der Waals surface area contributed by atoms with Crippen LogP contribution in [0.5, 0.6) is 5.75 Å². The van der Waals surface area contributed by atoms with E-state index in [4.69, 9.17) is 9.84 Å². The summed E-state index contributed by atoms with van der Waals surface area (Å²) in [4.78, 5) is 29.0. The number of aryl methyl sites for hydroxylation is 1. The minimum atomic E-state index is -0.840. The Labute approximate surface area is 155 Å². The second kappa shape index (κ2) is 8.14. The third kappa shape index (κ3) is 4.70. The number of carbonyl (C=O) groups excluding carboxylic acids is 1. The summed E-state index contributed by atoms with van der Waals surface area (Å²) in [5, 5.41) is 12.0. The number of nitrogens with zero attached hydrogens (tertiary/aromatic N) is 2. The van der Waals surface area contributed by atoms with Crippen molar-refractivity contribution in [1.82, 2.24) is 9.88 Å². The summed E-state index contributed by atoms with van der Waals surface area (Å²) in [6.07, 6.45) is 3.72. The number of carboxylic acids is 1. The van der Waals surface area contributed by atoms with E-state index in [1.54, 1.807) is 22.3 Å². The van der Waals surface area contributed by atoms with E-state index in [0.29, 0.717) is 19.6 Å². The molecule has 3 rings (SSSR count). The third-order valence-electron chi connectivity index (χ3n) is 4.20. The largest absolute Gasteiger partial charge is 0.487 e. The molecule has 1 fully saturated rings. The molecule has 1 aromatic carbocycles. The van der Waals surface area contributed by atoms with Gasteiger partial charge in [0.2, 0.25) is 5.91 Å². The Bertz CT molecular complexity index is 813. The van der Waals surface area contributed by atoms with Gasteiger partial charge in [0.15, 0.2) is 0 Å². The molecule has 26 heavy (non-hydrogen) atoms. The molecule has 136 valence electrons. The van der Waals surface area contributed by atoms with Gasteiger partial charge in [0.1, 0.15) is 12.4 Å². The van der Waals surface area contributed by atoms with Crippen LogP contribution in [0.1, 0.15) is 22.7 Å². The topological polar surface area (TPSA) is 79.7 Å². The third-order valence-corrected chi connectivity index (χ3v) is 5.02. The van der Waals surface area contributed by atoms with Crippen molar-refractivity contribution >= 4 is 29.3 Å². The van der Waals surface area contributed by atoms with Gasteiger partial charge in [-0.1, -0.05) is 12.1 Å². The minimum absolute atomic E-state index is 0.159. The number of hydrogen-bond donors (Lipinski definition) is 1. The van der Waals surface area contributed by atoms with E-state index in [2.05, 4.69) is 4.98 Å². The maximum atomic E-state index is 12.1. The molecule has 2 aromatic rings. The zero-order valence-corrected chi connectivity index (χ0v) is 15.2. The normalized spacial score (nSPS) is 17.0. The van der Waals surface area contributed by atoms with Crippen molar-refractivity contribution < 1.29 is 19.4 Å². The van der Waals surface area contributed by atoms with Crippen LogP contribution in [-0.4, -0.2) is 40.0 Å². The van der Waals surface area contributed by atoms with Crippen LogP contribution in [0.3, 0.4) is 0 Å². The second-order valence-electron chi connectivity index (χ2n) is 6.16. The molecular formula is C19H20N2O4S.